The molecule has 3 rings (SSSR count). The predicted octanol–water partition coefficient (Wildman–Crippen LogP) is 3.24. The van der Waals surface area contributed by atoms with E-state index in [0.29, 0.717) is 5.56 Å². The van der Waals surface area contributed by atoms with Crippen LogP contribution in [0.25, 0.3) is 21.8 Å². The summed E-state index contributed by atoms with van der Waals surface area (Å²) in [4.78, 5) is 23.5. The Bertz CT molecular complexity index is 845. The highest BCUT2D eigenvalue weighted by molar-refractivity contribution is 6.14. The van der Waals surface area contributed by atoms with Crippen LogP contribution in [0.5, 0.6) is 0 Å². The number of hydrogen-bond donors (Lipinski definition) is 0. The van der Waals surface area contributed by atoms with Crippen molar-refractivity contribution in [3.63, 3.8) is 0 Å². The molecular formula is C16H13NO3. The Kier molecular flexibility index (Phi) is 2.79. The van der Waals surface area contributed by atoms with Crippen molar-refractivity contribution < 1.29 is 14.3 Å². The third-order valence-electron chi connectivity index (χ3n) is 3.41. The molecule has 0 saturated heterocycles. The molecule has 0 bridgehead atoms. The van der Waals surface area contributed by atoms with Crippen molar-refractivity contribution in [1.82, 2.24) is 4.57 Å². The fraction of sp³-hybridized carbons (Fsp3) is 0.125. The molecule has 0 N–H and O–H groups in total. The summed E-state index contributed by atoms with van der Waals surface area (Å²) in [5, 5.41) is 1.82. The molecular weight excluding hydrogens is 254 g/mol. The van der Waals surface area contributed by atoms with Crippen LogP contribution in [-0.2, 0) is 4.74 Å². The summed E-state index contributed by atoms with van der Waals surface area (Å²) < 4.78 is 6.40. The van der Waals surface area contributed by atoms with Crippen LogP contribution in [0.2, 0.25) is 0 Å². The van der Waals surface area contributed by atoms with E-state index in [1.165, 1.54) is 14.0 Å². The normalized spacial score (nSPS) is 10.9. The summed E-state index contributed by atoms with van der Waals surface area (Å²) in [5.41, 5.74) is 2.12. The standard InChI is InChI=1S/C16H13NO3/c1-10(18)17-14-6-4-3-5-12(14)13-9-11(16(19)20-2)7-8-15(13)17/h3-9H,1-2H3. The minimum absolute atomic E-state index is 0.0537. The van der Waals surface area contributed by atoms with Gasteiger partial charge in [-0.1, -0.05) is 18.2 Å². The number of rotatable bonds is 1. The number of benzene rings is 2. The molecule has 0 amide bonds. The van der Waals surface area contributed by atoms with Crippen molar-refractivity contribution in [1.29, 1.82) is 0 Å². The van der Waals surface area contributed by atoms with E-state index in [4.69, 9.17) is 4.74 Å². The average Bonchev–Trinajstić information content (AvgIpc) is 2.80. The number of hydrogen-bond acceptors (Lipinski definition) is 3. The van der Waals surface area contributed by atoms with Crippen LogP contribution in [0.4, 0.5) is 0 Å². The molecule has 4 nitrogen and oxygen atoms in total. The third-order valence-corrected chi connectivity index (χ3v) is 3.41. The largest absolute Gasteiger partial charge is 0.465 e. The van der Waals surface area contributed by atoms with Crippen molar-refractivity contribution in [2.24, 2.45) is 0 Å². The molecule has 1 aromatic heterocycles. The molecule has 0 aliphatic heterocycles. The lowest BCUT2D eigenvalue weighted by Crippen LogP contribution is -2.05. The van der Waals surface area contributed by atoms with Crippen LogP contribution in [0.15, 0.2) is 42.5 Å². The topological polar surface area (TPSA) is 48.3 Å². The number of para-hydroxylation sites is 1. The maximum atomic E-state index is 11.9. The average molecular weight is 267 g/mol. The smallest absolute Gasteiger partial charge is 0.337 e. The first-order chi connectivity index (χ1) is 9.63. The van der Waals surface area contributed by atoms with Crippen LogP contribution in [0, 0.1) is 0 Å². The molecule has 3 aromatic rings. The number of nitrogens with zero attached hydrogens (tertiary/aromatic N) is 1. The van der Waals surface area contributed by atoms with E-state index in [9.17, 15) is 9.59 Å². The zero-order valence-electron chi connectivity index (χ0n) is 11.2. The van der Waals surface area contributed by atoms with Crippen molar-refractivity contribution in [3.05, 3.63) is 48.0 Å². The first-order valence-corrected chi connectivity index (χ1v) is 6.26. The predicted molar refractivity (Wildman–Crippen MR) is 77.1 cm³/mol. The fourth-order valence-corrected chi connectivity index (χ4v) is 2.56. The van der Waals surface area contributed by atoms with Crippen molar-refractivity contribution >= 4 is 33.7 Å². The molecule has 0 aliphatic rings. The molecule has 0 spiro atoms. The number of carbonyl (C=O) groups is 2. The summed E-state index contributed by atoms with van der Waals surface area (Å²) in [6, 6.07) is 12.9. The molecule has 0 radical (unpaired) electrons. The summed E-state index contributed by atoms with van der Waals surface area (Å²) >= 11 is 0. The quantitative estimate of drug-likeness (QED) is 0.636. The Hall–Kier alpha value is -2.62. The number of fused-ring (bicyclic) bond motifs is 3. The van der Waals surface area contributed by atoms with Gasteiger partial charge in [-0.25, -0.2) is 4.79 Å². The lowest BCUT2D eigenvalue weighted by Gasteiger charge is -2.02. The van der Waals surface area contributed by atoms with E-state index in [1.54, 1.807) is 22.8 Å². The fourth-order valence-electron chi connectivity index (χ4n) is 2.56. The first kappa shape index (κ1) is 12.4. The highest BCUT2D eigenvalue weighted by Crippen LogP contribution is 2.29. The summed E-state index contributed by atoms with van der Waals surface area (Å²) in [6.07, 6.45) is 0. The van der Waals surface area contributed by atoms with Gasteiger partial charge in [0.05, 0.1) is 23.7 Å². The Morgan fingerprint density at radius 1 is 1.00 bits per heavy atom. The van der Waals surface area contributed by atoms with Gasteiger partial charge in [0.2, 0.25) is 5.91 Å². The second kappa shape index (κ2) is 4.49. The number of aromatic nitrogens is 1. The number of carbonyl (C=O) groups excluding carboxylic acids is 2. The van der Waals surface area contributed by atoms with Crippen LogP contribution in [0.1, 0.15) is 22.1 Å². The summed E-state index contributed by atoms with van der Waals surface area (Å²) in [5.74, 6) is -0.437. The van der Waals surface area contributed by atoms with Gasteiger partial charge >= 0.3 is 5.97 Å². The van der Waals surface area contributed by atoms with E-state index in [2.05, 4.69) is 0 Å². The molecule has 0 saturated carbocycles. The molecule has 0 fully saturated rings. The molecule has 0 atom stereocenters. The zero-order valence-corrected chi connectivity index (χ0v) is 11.2. The van der Waals surface area contributed by atoms with Gasteiger partial charge in [-0.2, -0.15) is 0 Å². The van der Waals surface area contributed by atoms with E-state index in [1.807, 2.05) is 24.3 Å². The van der Waals surface area contributed by atoms with Crippen molar-refractivity contribution in [3.8, 4) is 0 Å². The number of ether oxygens (including phenoxy) is 1. The van der Waals surface area contributed by atoms with Gasteiger partial charge in [0.25, 0.3) is 0 Å². The van der Waals surface area contributed by atoms with E-state index >= 15 is 0 Å². The first-order valence-electron chi connectivity index (χ1n) is 6.26. The van der Waals surface area contributed by atoms with Crippen LogP contribution < -0.4 is 0 Å². The Balaban J connectivity index is 2.44. The third kappa shape index (κ3) is 1.69. The Morgan fingerprint density at radius 3 is 2.40 bits per heavy atom. The zero-order chi connectivity index (χ0) is 14.3. The number of methoxy groups -OCH3 is 1. The molecule has 1 heterocycles. The minimum Gasteiger partial charge on any atom is -0.465 e. The second-order valence-electron chi connectivity index (χ2n) is 4.60. The Morgan fingerprint density at radius 2 is 1.70 bits per heavy atom. The highest BCUT2D eigenvalue weighted by Gasteiger charge is 2.15. The van der Waals surface area contributed by atoms with Crippen LogP contribution in [0.3, 0.4) is 0 Å². The Labute approximate surface area is 115 Å². The van der Waals surface area contributed by atoms with E-state index in [0.717, 1.165) is 21.8 Å². The van der Waals surface area contributed by atoms with Crippen LogP contribution >= 0.6 is 0 Å². The van der Waals surface area contributed by atoms with Gasteiger partial charge in [0.15, 0.2) is 0 Å². The van der Waals surface area contributed by atoms with E-state index < -0.39 is 0 Å². The minimum atomic E-state index is -0.383. The molecule has 0 aliphatic carbocycles. The molecule has 4 heteroatoms. The van der Waals surface area contributed by atoms with Crippen LogP contribution in [-0.4, -0.2) is 23.6 Å². The molecule has 100 valence electrons. The monoisotopic (exact) mass is 267 g/mol. The van der Waals surface area contributed by atoms with Gasteiger partial charge in [0.1, 0.15) is 0 Å². The number of esters is 1. The van der Waals surface area contributed by atoms with Gasteiger partial charge in [-0.15, -0.1) is 0 Å². The van der Waals surface area contributed by atoms with Crippen molar-refractivity contribution in [2.75, 3.05) is 7.11 Å². The van der Waals surface area contributed by atoms with Crippen molar-refractivity contribution in [2.45, 2.75) is 6.92 Å². The lowest BCUT2D eigenvalue weighted by atomic mass is 10.1. The highest BCUT2D eigenvalue weighted by atomic mass is 16.5. The van der Waals surface area contributed by atoms with E-state index in [-0.39, 0.29) is 11.9 Å². The lowest BCUT2D eigenvalue weighted by molar-refractivity contribution is 0.0601. The van der Waals surface area contributed by atoms with Gasteiger partial charge in [-0.3, -0.25) is 9.36 Å². The molecule has 0 unspecified atom stereocenters. The summed E-state index contributed by atoms with van der Waals surface area (Å²) in [6.45, 7) is 1.53. The van der Waals surface area contributed by atoms with Gasteiger partial charge in [-0.05, 0) is 24.3 Å². The second-order valence-corrected chi connectivity index (χ2v) is 4.60. The summed E-state index contributed by atoms with van der Waals surface area (Å²) in [7, 11) is 1.35. The maximum Gasteiger partial charge on any atom is 0.337 e. The molecule has 20 heavy (non-hydrogen) atoms. The van der Waals surface area contributed by atoms with Gasteiger partial charge in [0, 0.05) is 17.7 Å². The maximum absolute atomic E-state index is 11.9. The molecule has 2 aromatic carbocycles. The SMILES string of the molecule is COC(=O)c1ccc2c(c1)c1ccccc1n2C(C)=O. The van der Waals surface area contributed by atoms with Gasteiger partial charge < -0.3 is 4.74 Å².